The van der Waals surface area contributed by atoms with Gasteiger partial charge in [-0.2, -0.15) is 0 Å². The van der Waals surface area contributed by atoms with E-state index in [1.165, 1.54) is 12.1 Å². The van der Waals surface area contributed by atoms with Crippen LogP contribution >= 0.6 is 11.6 Å². The lowest BCUT2D eigenvalue weighted by Gasteiger charge is -2.15. The first-order valence-corrected chi connectivity index (χ1v) is 7.42. The monoisotopic (exact) mass is 334 g/mol. The predicted molar refractivity (Wildman–Crippen MR) is 86.7 cm³/mol. The molecule has 0 saturated carbocycles. The van der Waals surface area contributed by atoms with Gasteiger partial charge in [0, 0.05) is 5.56 Å². The second-order valence-corrected chi connectivity index (χ2v) is 5.42. The fourth-order valence-corrected chi connectivity index (χ4v) is 2.20. The third-order valence-corrected chi connectivity index (χ3v) is 3.56. The summed E-state index contributed by atoms with van der Waals surface area (Å²) in [6.45, 7) is 1.60. The van der Waals surface area contributed by atoms with Crippen LogP contribution in [0, 0.1) is 5.82 Å². The molecule has 4 nitrogen and oxygen atoms in total. The number of halogens is 2. The minimum atomic E-state index is -0.510. The first kappa shape index (κ1) is 17.0. The molecule has 120 valence electrons. The van der Waals surface area contributed by atoms with Gasteiger partial charge in [0.2, 0.25) is 5.91 Å². The fraction of sp³-hybridized carbons (Fsp3) is 0.176. The minimum Gasteiger partial charge on any atom is -0.348 e. The lowest BCUT2D eigenvalue weighted by atomic mass is 10.1. The van der Waals surface area contributed by atoms with Crippen LogP contribution in [0.5, 0.6) is 0 Å². The van der Waals surface area contributed by atoms with Gasteiger partial charge in [0.15, 0.2) is 0 Å². The van der Waals surface area contributed by atoms with Crippen LogP contribution in [-0.4, -0.2) is 18.4 Å². The molecule has 0 spiro atoms. The summed E-state index contributed by atoms with van der Waals surface area (Å²) in [4.78, 5) is 23.7. The van der Waals surface area contributed by atoms with E-state index in [-0.39, 0.29) is 29.4 Å². The lowest BCUT2D eigenvalue weighted by Crippen LogP contribution is -2.38. The summed E-state index contributed by atoms with van der Waals surface area (Å²) in [5.74, 6) is -1.18. The van der Waals surface area contributed by atoms with Crippen LogP contribution in [0.3, 0.4) is 0 Å². The first-order valence-electron chi connectivity index (χ1n) is 7.05. The van der Waals surface area contributed by atoms with Crippen molar-refractivity contribution in [3.8, 4) is 0 Å². The summed E-state index contributed by atoms with van der Waals surface area (Å²) in [5.41, 5.74) is 1.16. The molecule has 0 bridgehead atoms. The second-order valence-electron chi connectivity index (χ2n) is 5.01. The Morgan fingerprint density at radius 3 is 2.52 bits per heavy atom. The molecule has 6 heteroatoms. The highest BCUT2D eigenvalue weighted by Crippen LogP contribution is 2.20. The maximum absolute atomic E-state index is 13.1. The maximum atomic E-state index is 13.1. The van der Waals surface area contributed by atoms with E-state index in [0.717, 1.165) is 0 Å². The van der Waals surface area contributed by atoms with Gasteiger partial charge in [-0.3, -0.25) is 9.59 Å². The van der Waals surface area contributed by atoms with Gasteiger partial charge in [-0.1, -0.05) is 35.9 Å². The second kappa shape index (κ2) is 7.74. The number of rotatable bonds is 5. The normalized spacial score (nSPS) is 11.6. The Morgan fingerprint density at radius 1 is 1.17 bits per heavy atom. The molecule has 0 radical (unpaired) electrons. The molecule has 2 amide bonds. The van der Waals surface area contributed by atoms with E-state index in [0.29, 0.717) is 11.1 Å². The molecule has 2 rings (SSSR count). The van der Waals surface area contributed by atoms with Crippen molar-refractivity contribution in [1.82, 2.24) is 10.6 Å². The van der Waals surface area contributed by atoms with E-state index in [1.54, 1.807) is 43.3 Å². The van der Waals surface area contributed by atoms with Crippen LogP contribution in [0.1, 0.15) is 28.9 Å². The van der Waals surface area contributed by atoms with E-state index in [4.69, 9.17) is 11.6 Å². The quantitative estimate of drug-likeness (QED) is 0.882. The zero-order chi connectivity index (χ0) is 16.8. The van der Waals surface area contributed by atoms with Crippen molar-refractivity contribution in [2.75, 3.05) is 6.54 Å². The number of benzene rings is 2. The average Bonchev–Trinajstić information content (AvgIpc) is 2.55. The molecule has 2 N–H and O–H groups in total. The predicted octanol–water partition coefficient (Wildman–Crippen LogP) is 3.09. The maximum Gasteiger partial charge on any atom is 0.251 e. The summed E-state index contributed by atoms with van der Waals surface area (Å²) in [6, 6.07) is 12.5. The molecular weight excluding hydrogens is 319 g/mol. The smallest absolute Gasteiger partial charge is 0.251 e. The Morgan fingerprint density at radius 2 is 1.87 bits per heavy atom. The molecule has 0 saturated heterocycles. The van der Waals surface area contributed by atoms with Crippen LogP contribution in [-0.2, 0) is 4.79 Å². The van der Waals surface area contributed by atoms with Crippen molar-refractivity contribution in [2.45, 2.75) is 13.0 Å². The van der Waals surface area contributed by atoms with Crippen molar-refractivity contribution < 1.29 is 14.0 Å². The molecule has 0 aliphatic heterocycles. The van der Waals surface area contributed by atoms with Crippen LogP contribution in [0.2, 0.25) is 5.02 Å². The van der Waals surface area contributed by atoms with Crippen molar-refractivity contribution in [3.63, 3.8) is 0 Å². The molecule has 2 aromatic rings. The van der Waals surface area contributed by atoms with Crippen molar-refractivity contribution >= 4 is 23.4 Å². The molecule has 2 aromatic carbocycles. The van der Waals surface area contributed by atoms with E-state index < -0.39 is 5.82 Å². The highest BCUT2D eigenvalue weighted by molar-refractivity contribution is 6.30. The molecule has 1 unspecified atom stereocenters. The summed E-state index contributed by atoms with van der Waals surface area (Å²) >= 11 is 5.72. The summed E-state index contributed by atoms with van der Waals surface area (Å²) in [7, 11) is 0. The number of carbonyl (C=O) groups is 2. The van der Waals surface area contributed by atoms with E-state index >= 15 is 0 Å². The largest absolute Gasteiger partial charge is 0.348 e. The topological polar surface area (TPSA) is 58.2 Å². The number of amides is 2. The Labute approximate surface area is 138 Å². The van der Waals surface area contributed by atoms with Crippen molar-refractivity contribution in [1.29, 1.82) is 0 Å². The third kappa shape index (κ3) is 4.79. The average molecular weight is 335 g/mol. The molecule has 0 fully saturated rings. The first-order chi connectivity index (χ1) is 11.0. The van der Waals surface area contributed by atoms with E-state index in [2.05, 4.69) is 10.6 Å². The van der Waals surface area contributed by atoms with E-state index in [9.17, 15) is 14.0 Å². The summed E-state index contributed by atoms with van der Waals surface area (Å²) in [5, 5.41) is 5.25. The number of nitrogens with one attached hydrogen (secondary N) is 2. The van der Waals surface area contributed by atoms with Gasteiger partial charge in [0.25, 0.3) is 5.91 Å². The molecule has 0 aliphatic rings. The van der Waals surface area contributed by atoms with Gasteiger partial charge in [-0.25, -0.2) is 4.39 Å². The Kier molecular flexibility index (Phi) is 5.71. The molecule has 1 atom stereocenters. The van der Waals surface area contributed by atoms with E-state index in [1.807, 2.05) is 0 Å². The molecular formula is C17H16ClFN2O2. The summed E-state index contributed by atoms with van der Waals surface area (Å²) < 4.78 is 13.1. The number of carbonyl (C=O) groups excluding carboxylic acids is 2. The van der Waals surface area contributed by atoms with Gasteiger partial charge >= 0.3 is 0 Å². The molecule has 0 aliphatic carbocycles. The minimum absolute atomic E-state index is 0.000907. The van der Waals surface area contributed by atoms with Gasteiger partial charge in [0.1, 0.15) is 5.82 Å². The third-order valence-electron chi connectivity index (χ3n) is 3.27. The number of hydrogen-bond acceptors (Lipinski definition) is 2. The van der Waals surface area contributed by atoms with Gasteiger partial charge in [-0.05, 0) is 36.8 Å². The van der Waals surface area contributed by atoms with Gasteiger partial charge < -0.3 is 10.6 Å². The Hall–Kier alpha value is -2.40. The van der Waals surface area contributed by atoms with Gasteiger partial charge in [0.05, 0.1) is 17.6 Å². The van der Waals surface area contributed by atoms with Crippen LogP contribution in [0.15, 0.2) is 48.5 Å². The zero-order valence-corrected chi connectivity index (χ0v) is 13.2. The highest BCUT2D eigenvalue weighted by atomic mass is 35.5. The summed E-state index contributed by atoms with van der Waals surface area (Å²) in [6.07, 6.45) is 0. The van der Waals surface area contributed by atoms with Crippen molar-refractivity contribution in [3.05, 3.63) is 70.5 Å². The SMILES string of the molecule is CC(NC(=O)CNC(=O)c1ccccc1)c1ccc(F)c(Cl)c1. The van der Waals surface area contributed by atoms with Crippen molar-refractivity contribution in [2.24, 2.45) is 0 Å². The van der Waals surface area contributed by atoms with Crippen LogP contribution in [0.4, 0.5) is 4.39 Å². The fourth-order valence-electron chi connectivity index (χ4n) is 2.01. The standard InChI is InChI=1S/C17H16ClFN2O2/c1-11(13-7-8-15(19)14(18)9-13)21-16(22)10-20-17(23)12-5-3-2-4-6-12/h2-9,11H,10H2,1H3,(H,20,23)(H,21,22). The lowest BCUT2D eigenvalue weighted by molar-refractivity contribution is -0.120. The molecule has 23 heavy (non-hydrogen) atoms. The van der Waals surface area contributed by atoms with Crippen LogP contribution < -0.4 is 10.6 Å². The van der Waals surface area contributed by atoms with Crippen LogP contribution in [0.25, 0.3) is 0 Å². The Balaban J connectivity index is 1.87. The molecule has 0 heterocycles. The zero-order valence-electron chi connectivity index (χ0n) is 12.5. The Bertz CT molecular complexity index is 707. The molecule has 0 aromatic heterocycles. The number of hydrogen-bond donors (Lipinski definition) is 2. The highest BCUT2D eigenvalue weighted by Gasteiger charge is 2.12. The van der Waals surface area contributed by atoms with Gasteiger partial charge in [-0.15, -0.1) is 0 Å².